The third-order valence-corrected chi connectivity index (χ3v) is 9.10. The van der Waals surface area contributed by atoms with Crippen LogP contribution < -0.4 is 10.6 Å². The summed E-state index contributed by atoms with van der Waals surface area (Å²) in [6, 6.07) is 19.7. The Morgan fingerprint density at radius 2 is 1.12 bits per heavy atom. The molecule has 6 rings (SSSR count). The fourth-order valence-corrected chi connectivity index (χ4v) is 8.33. The first-order valence-corrected chi connectivity index (χ1v) is 11.2. The van der Waals surface area contributed by atoms with Gasteiger partial charge in [-0.3, -0.25) is 4.57 Å². The van der Waals surface area contributed by atoms with Crippen LogP contribution in [0.5, 0.6) is 0 Å². The second-order valence-electron chi connectivity index (χ2n) is 8.41. The molecule has 0 amide bonds. The van der Waals surface area contributed by atoms with E-state index in [2.05, 4.69) is 0 Å². The van der Waals surface area contributed by atoms with Crippen molar-refractivity contribution >= 4 is 18.0 Å². The SMILES string of the molecule is O=P(OC12CC3CC(CC(C3)C1)C2)(c1ccccc1)c1ccccc1. The van der Waals surface area contributed by atoms with Gasteiger partial charge in [-0.15, -0.1) is 0 Å². The Kier molecular flexibility index (Phi) is 3.69. The molecule has 0 spiro atoms. The Morgan fingerprint density at radius 1 is 0.720 bits per heavy atom. The molecule has 130 valence electrons. The zero-order valence-corrected chi connectivity index (χ0v) is 15.4. The Bertz CT molecular complexity index is 721. The molecule has 4 saturated carbocycles. The molecule has 0 aliphatic heterocycles. The summed E-state index contributed by atoms with van der Waals surface area (Å²) in [6.07, 6.45) is 7.39. The van der Waals surface area contributed by atoms with Crippen LogP contribution in [0.2, 0.25) is 0 Å². The number of rotatable bonds is 4. The number of hydrogen-bond acceptors (Lipinski definition) is 2. The first-order chi connectivity index (χ1) is 12.2. The molecule has 0 radical (unpaired) electrons. The Hall–Kier alpha value is -1.37. The summed E-state index contributed by atoms with van der Waals surface area (Å²) in [4.78, 5) is 0. The lowest BCUT2D eigenvalue weighted by molar-refractivity contribution is -0.104. The molecule has 0 atom stereocenters. The maximum absolute atomic E-state index is 14.3. The Labute approximate surface area is 150 Å². The highest BCUT2D eigenvalue weighted by molar-refractivity contribution is 7.74. The second-order valence-corrected chi connectivity index (χ2v) is 10.7. The molecule has 0 N–H and O–H groups in total. The molecule has 2 nitrogen and oxygen atoms in total. The normalized spacial score (nSPS) is 33.5. The summed E-state index contributed by atoms with van der Waals surface area (Å²) in [7, 11) is -3.07. The highest BCUT2D eigenvalue weighted by Crippen LogP contribution is 2.62. The lowest BCUT2D eigenvalue weighted by atomic mass is 9.54. The van der Waals surface area contributed by atoms with Gasteiger partial charge in [0.2, 0.25) is 0 Å². The zero-order chi connectivity index (χ0) is 16.9. The minimum absolute atomic E-state index is 0.171. The fourth-order valence-electron chi connectivity index (χ4n) is 5.92. The molecule has 0 heterocycles. The summed E-state index contributed by atoms with van der Waals surface area (Å²) in [5.41, 5.74) is -0.171. The van der Waals surface area contributed by atoms with E-state index in [-0.39, 0.29) is 5.60 Å². The molecule has 3 heteroatoms. The molecule has 2 aromatic rings. The van der Waals surface area contributed by atoms with E-state index in [1.165, 1.54) is 19.3 Å². The van der Waals surface area contributed by atoms with Crippen molar-refractivity contribution < 1.29 is 9.09 Å². The van der Waals surface area contributed by atoms with Crippen LogP contribution in [0, 0.1) is 17.8 Å². The van der Waals surface area contributed by atoms with Crippen molar-refractivity contribution in [1.82, 2.24) is 0 Å². The van der Waals surface area contributed by atoms with Crippen molar-refractivity contribution in [3.63, 3.8) is 0 Å². The van der Waals surface area contributed by atoms with Gasteiger partial charge in [-0.05, 0) is 80.5 Å². The van der Waals surface area contributed by atoms with Crippen LogP contribution in [-0.4, -0.2) is 5.60 Å². The number of hydrogen-bond donors (Lipinski definition) is 0. The lowest BCUT2D eigenvalue weighted by Gasteiger charge is -2.56. The van der Waals surface area contributed by atoms with Crippen molar-refractivity contribution in [3.8, 4) is 0 Å². The van der Waals surface area contributed by atoms with E-state index in [4.69, 9.17) is 4.52 Å². The zero-order valence-electron chi connectivity index (χ0n) is 14.5. The molecule has 4 aliphatic carbocycles. The van der Waals surface area contributed by atoms with E-state index in [1.807, 2.05) is 60.7 Å². The third-order valence-electron chi connectivity index (χ3n) is 6.50. The quantitative estimate of drug-likeness (QED) is 0.732. The topological polar surface area (TPSA) is 26.3 Å². The summed E-state index contributed by atoms with van der Waals surface area (Å²) < 4.78 is 21.0. The number of benzene rings is 2. The van der Waals surface area contributed by atoms with Gasteiger partial charge in [-0.25, -0.2) is 0 Å². The summed E-state index contributed by atoms with van der Waals surface area (Å²) >= 11 is 0. The molecule has 0 saturated heterocycles. The van der Waals surface area contributed by atoms with Crippen molar-refractivity contribution in [2.75, 3.05) is 0 Å². The van der Waals surface area contributed by atoms with Gasteiger partial charge in [0.25, 0.3) is 7.37 Å². The van der Waals surface area contributed by atoms with E-state index in [0.717, 1.165) is 47.6 Å². The predicted molar refractivity (Wildman–Crippen MR) is 102 cm³/mol. The minimum atomic E-state index is -3.07. The third kappa shape index (κ3) is 2.71. The smallest absolute Gasteiger partial charge is 0.261 e. The van der Waals surface area contributed by atoms with Gasteiger partial charge in [0, 0.05) is 10.6 Å². The van der Waals surface area contributed by atoms with E-state index < -0.39 is 7.37 Å². The van der Waals surface area contributed by atoms with Crippen molar-refractivity contribution in [2.45, 2.75) is 44.1 Å². The molecule has 2 aromatic carbocycles. The van der Waals surface area contributed by atoms with Crippen LogP contribution in [0.15, 0.2) is 60.7 Å². The Balaban J connectivity index is 1.57. The fraction of sp³-hybridized carbons (Fsp3) is 0.455. The highest BCUT2D eigenvalue weighted by Gasteiger charge is 2.54. The molecule has 4 bridgehead atoms. The molecule has 4 aliphatic rings. The van der Waals surface area contributed by atoms with Crippen LogP contribution in [0.4, 0.5) is 0 Å². The standard InChI is InChI=1S/C22H25O2P/c23-25(20-7-3-1-4-8-20,21-9-5-2-6-10-21)24-22-14-17-11-18(15-22)13-19(12-17)16-22/h1-10,17-19H,11-16H2. The highest BCUT2D eigenvalue weighted by atomic mass is 31.2. The van der Waals surface area contributed by atoms with Gasteiger partial charge in [0.05, 0.1) is 5.60 Å². The van der Waals surface area contributed by atoms with Crippen molar-refractivity contribution in [3.05, 3.63) is 60.7 Å². The van der Waals surface area contributed by atoms with Crippen molar-refractivity contribution in [1.29, 1.82) is 0 Å². The molecule has 0 aromatic heterocycles. The van der Waals surface area contributed by atoms with Gasteiger partial charge in [0.15, 0.2) is 0 Å². The first kappa shape index (κ1) is 15.9. The largest absolute Gasteiger partial charge is 0.315 e. The molecule has 25 heavy (non-hydrogen) atoms. The average Bonchev–Trinajstić information content (AvgIpc) is 2.61. The lowest BCUT2D eigenvalue weighted by Crippen LogP contribution is -2.52. The van der Waals surface area contributed by atoms with Gasteiger partial charge in [-0.2, -0.15) is 0 Å². The maximum Gasteiger partial charge on any atom is 0.261 e. The first-order valence-electron chi connectivity index (χ1n) is 9.57. The van der Waals surface area contributed by atoms with Crippen LogP contribution in [0.1, 0.15) is 38.5 Å². The van der Waals surface area contributed by atoms with E-state index in [1.54, 1.807) is 0 Å². The van der Waals surface area contributed by atoms with Gasteiger partial charge in [-0.1, -0.05) is 36.4 Å². The average molecular weight is 352 g/mol. The second kappa shape index (κ2) is 5.83. The monoisotopic (exact) mass is 352 g/mol. The molecule has 0 unspecified atom stereocenters. The van der Waals surface area contributed by atoms with Gasteiger partial charge < -0.3 is 4.52 Å². The molecular weight excluding hydrogens is 327 g/mol. The van der Waals surface area contributed by atoms with Crippen LogP contribution >= 0.6 is 7.37 Å². The van der Waals surface area contributed by atoms with Crippen molar-refractivity contribution in [2.24, 2.45) is 17.8 Å². The summed E-state index contributed by atoms with van der Waals surface area (Å²) in [6.45, 7) is 0. The summed E-state index contributed by atoms with van der Waals surface area (Å²) in [5.74, 6) is 2.35. The van der Waals surface area contributed by atoms with Gasteiger partial charge in [0.1, 0.15) is 0 Å². The van der Waals surface area contributed by atoms with Crippen LogP contribution in [0.3, 0.4) is 0 Å². The van der Waals surface area contributed by atoms with Crippen LogP contribution in [0.25, 0.3) is 0 Å². The predicted octanol–water partition coefficient (Wildman–Crippen LogP) is 4.90. The summed E-state index contributed by atoms with van der Waals surface area (Å²) in [5, 5.41) is 1.66. The van der Waals surface area contributed by atoms with E-state index in [0.29, 0.717) is 0 Å². The maximum atomic E-state index is 14.3. The minimum Gasteiger partial charge on any atom is -0.315 e. The van der Waals surface area contributed by atoms with Crippen LogP contribution in [-0.2, 0) is 9.09 Å². The van der Waals surface area contributed by atoms with E-state index >= 15 is 0 Å². The molecular formula is C22H25O2P. The van der Waals surface area contributed by atoms with E-state index in [9.17, 15) is 4.57 Å². The Morgan fingerprint density at radius 3 is 1.52 bits per heavy atom. The molecule has 4 fully saturated rings. The van der Waals surface area contributed by atoms with Gasteiger partial charge >= 0.3 is 0 Å².